The number of benzene rings is 1. The van der Waals surface area contributed by atoms with E-state index >= 15 is 0 Å². The van der Waals surface area contributed by atoms with E-state index in [4.69, 9.17) is 4.42 Å². The van der Waals surface area contributed by atoms with Gasteiger partial charge in [0.05, 0.1) is 23.8 Å². The van der Waals surface area contributed by atoms with Crippen molar-refractivity contribution >= 4 is 33.4 Å². The van der Waals surface area contributed by atoms with E-state index in [0.29, 0.717) is 22.0 Å². The number of hydrogen-bond acceptors (Lipinski definition) is 6. The minimum Gasteiger partial charge on any atom is -0.478 e. The molecule has 152 valence electrons. The van der Waals surface area contributed by atoms with Crippen LogP contribution in [-0.4, -0.2) is 26.5 Å². The molecular formula is C21H17N3O5S. The molecule has 1 amide bonds. The maximum atomic E-state index is 13.2. The van der Waals surface area contributed by atoms with Crippen LogP contribution in [0.5, 0.6) is 0 Å². The molecule has 0 bridgehead atoms. The van der Waals surface area contributed by atoms with E-state index in [-0.39, 0.29) is 24.0 Å². The Balaban J connectivity index is 1.80. The van der Waals surface area contributed by atoms with Crippen LogP contribution in [0.25, 0.3) is 21.6 Å². The molecule has 0 unspecified atom stereocenters. The molecule has 0 saturated carbocycles. The molecule has 0 saturated heterocycles. The molecule has 0 spiro atoms. The van der Waals surface area contributed by atoms with Crippen LogP contribution in [0.4, 0.5) is 0 Å². The summed E-state index contributed by atoms with van der Waals surface area (Å²) < 4.78 is 6.41. The Bertz CT molecular complexity index is 1300. The van der Waals surface area contributed by atoms with Gasteiger partial charge in [0.2, 0.25) is 5.91 Å². The number of carbonyl (C=O) groups excluding carboxylic acids is 1. The maximum Gasteiger partial charge on any atom is 0.337 e. The van der Waals surface area contributed by atoms with Crippen molar-refractivity contribution in [1.29, 1.82) is 0 Å². The highest BCUT2D eigenvalue weighted by molar-refractivity contribution is 7.17. The fraction of sp³-hybridized carbons (Fsp3) is 0.143. The summed E-state index contributed by atoms with van der Waals surface area (Å²) in [5, 5.41) is 13.5. The Morgan fingerprint density at radius 2 is 2.10 bits per heavy atom. The third kappa shape index (κ3) is 3.74. The van der Waals surface area contributed by atoms with E-state index in [9.17, 15) is 19.5 Å². The molecule has 9 heteroatoms. The van der Waals surface area contributed by atoms with Gasteiger partial charge >= 0.3 is 5.97 Å². The molecule has 3 aromatic heterocycles. The average molecular weight is 423 g/mol. The number of hydrogen-bond donors (Lipinski definition) is 2. The third-order valence-corrected chi connectivity index (χ3v) is 5.41. The second-order valence-electron chi connectivity index (χ2n) is 6.69. The molecule has 4 aromatic rings. The number of amides is 1. The van der Waals surface area contributed by atoms with Crippen molar-refractivity contribution < 1.29 is 19.1 Å². The lowest BCUT2D eigenvalue weighted by atomic mass is 10.1. The van der Waals surface area contributed by atoms with E-state index in [1.54, 1.807) is 18.2 Å². The quantitative estimate of drug-likeness (QED) is 0.493. The predicted octanol–water partition coefficient (Wildman–Crippen LogP) is 3.04. The summed E-state index contributed by atoms with van der Waals surface area (Å²) in [6, 6.07) is 10.8. The van der Waals surface area contributed by atoms with Crippen LogP contribution >= 0.6 is 11.3 Å². The monoisotopic (exact) mass is 423 g/mol. The summed E-state index contributed by atoms with van der Waals surface area (Å²) in [5.41, 5.74) is 0.947. The zero-order valence-corrected chi connectivity index (χ0v) is 16.7. The Labute approximate surface area is 174 Å². The number of aromatic nitrogens is 2. The Morgan fingerprint density at radius 3 is 2.80 bits per heavy atom. The lowest BCUT2D eigenvalue weighted by molar-refractivity contribution is -0.121. The smallest absolute Gasteiger partial charge is 0.337 e. The van der Waals surface area contributed by atoms with Crippen molar-refractivity contribution in [3.05, 3.63) is 75.3 Å². The van der Waals surface area contributed by atoms with E-state index in [1.807, 2.05) is 25.1 Å². The molecule has 4 rings (SSSR count). The van der Waals surface area contributed by atoms with Gasteiger partial charge in [0, 0.05) is 10.9 Å². The van der Waals surface area contributed by atoms with Crippen LogP contribution in [0.1, 0.15) is 21.7 Å². The fourth-order valence-electron chi connectivity index (χ4n) is 3.13. The van der Waals surface area contributed by atoms with Gasteiger partial charge in [-0.1, -0.05) is 23.8 Å². The van der Waals surface area contributed by atoms with Crippen LogP contribution in [-0.2, 0) is 17.9 Å². The van der Waals surface area contributed by atoms with Gasteiger partial charge in [-0.05, 0) is 25.1 Å². The molecule has 2 N–H and O–H groups in total. The van der Waals surface area contributed by atoms with Crippen molar-refractivity contribution in [2.24, 2.45) is 0 Å². The fourth-order valence-corrected chi connectivity index (χ4v) is 4.03. The lowest BCUT2D eigenvalue weighted by Crippen LogP contribution is -2.33. The van der Waals surface area contributed by atoms with Gasteiger partial charge in [0.25, 0.3) is 5.56 Å². The van der Waals surface area contributed by atoms with E-state index < -0.39 is 17.4 Å². The molecule has 1 aromatic carbocycles. The summed E-state index contributed by atoms with van der Waals surface area (Å²) in [6.07, 6.45) is 1.50. The third-order valence-electron chi connectivity index (χ3n) is 4.54. The number of fused-ring (bicyclic) bond motifs is 1. The summed E-state index contributed by atoms with van der Waals surface area (Å²) in [5.74, 6) is -0.745. The number of aromatic carboxylic acids is 1. The maximum absolute atomic E-state index is 13.2. The normalized spacial score (nSPS) is 11.0. The van der Waals surface area contributed by atoms with Crippen LogP contribution in [0.15, 0.2) is 57.3 Å². The van der Waals surface area contributed by atoms with Crippen molar-refractivity contribution in [3.8, 4) is 11.4 Å². The number of carbonyl (C=O) groups is 2. The summed E-state index contributed by atoms with van der Waals surface area (Å²) in [6.45, 7) is 1.78. The molecule has 0 fully saturated rings. The van der Waals surface area contributed by atoms with Crippen molar-refractivity contribution in [2.75, 3.05) is 0 Å². The van der Waals surface area contributed by atoms with Crippen molar-refractivity contribution in [1.82, 2.24) is 14.9 Å². The SMILES string of the molecule is Cc1cccc(-c2nc3scc(C(=O)O)c3c(=O)n2CC(=O)NCc2ccco2)c1. The number of aryl methyl sites for hydroxylation is 1. The molecule has 3 heterocycles. The highest BCUT2D eigenvalue weighted by Gasteiger charge is 2.21. The first kappa shape index (κ1) is 19.6. The van der Waals surface area contributed by atoms with Gasteiger partial charge in [-0.15, -0.1) is 11.3 Å². The molecule has 0 aliphatic carbocycles. The lowest BCUT2D eigenvalue weighted by Gasteiger charge is -2.13. The zero-order chi connectivity index (χ0) is 21.3. The Hall–Kier alpha value is -3.72. The number of carboxylic acid groups (broad SMARTS) is 1. The minimum atomic E-state index is -1.21. The average Bonchev–Trinajstić information content (AvgIpc) is 3.38. The molecular weight excluding hydrogens is 406 g/mol. The first-order valence-corrected chi connectivity index (χ1v) is 9.93. The number of nitrogens with zero attached hydrogens (tertiary/aromatic N) is 2. The van der Waals surface area contributed by atoms with Gasteiger partial charge in [0.1, 0.15) is 23.0 Å². The van der Waals surface area contributed by atoms with Crippen molar-refractivity contribution in [2.45, 2.75) is 20.0 Å². The van der Waals surface area contributed by atoms with Gasteiger partial charge in [-0.3, -0.25) is 14.2 Å². The molecule has 30 heavy (non-hydrogen) atoms. The molecule has 0 atom stereocenters. The van der Waals surface area contributed by atoms with Gasteiger partial charge in [-0.25, -0.2) is 9.78 Å². The first-order valence-electron chi connectivity index (χ1n) is 9.05. The second-order valence-corrected chi connectivity index (χ2v) is 7.55. The van der Waals surface area contributed by atoms with Gasteiger partial charge < -0.3 is 14.8 Å². The summed E-state index contributed by atoms with van der Waals surface area (Å²) in [7, 11) is 0. The summed E-state index contributed by atoms with van der Waals surface area (Å²) in [4.78, 5) is 42.2. The minimum absolute atomic E-state index is 0.00253. The van der Waals surface area contributed by atoms with Gasteiger partial charge in [0.15, 0.2) is 0 Å². The largest absolute Gasteiger partial charge is 0.478 e. The van der Waals surface area contributed by atoms with Crippen LogP contribution < -0.4 is 10.9 Å². The standard InChI is InChI=1S/C21H17N3O5S/c1-12-4-2-5-13(8-12)18-23-19-17(15(11-30-19)21(27)28)20(26)24(18)10-16(25)22-9-14-6-3-7-29-14/h2-8,11H,9-10H2,1H3,(H,22,25)(H,27,28). The highest BCUT2D eigenvalue weighted by atomic mass is 32.1. The van der Waals surface area contributed by atoms with E-state index in [0.717, 1.165) is 16.9 Å². The Kier molecular flexibility index (Phi) is 5.20. The zero-order valence-electron chi connectivity index (χ0n) is 15.9. The van der Waals surface area contributed by atoms with Crippen LogP contribution in [0.2, 0.25) is 0 Å². The second kappa shape index (κ2) is 7.96. The molecule has 0 aliphatic rings. The topological polar surface area (TPSA) is 114 Å². The molecule has 0 aliphatic heterocycles. The van der Waals surface area contributed by atoms with E-state index in [1.165, 1.54) is 16.2 Å². The van der Waals surface area contributed by atoms with E-state index in [2.05, 4.69) is 10.3 Å². The summed E-state index contributed by atoms with van der Waals surface area (Å²) >= 11 is 1.09. The van der Waals surface area contributed by atoms with Gasteiger partial charge in [-0.2, -0.15) is 0 Å². The predicted molar refractivity (Wildman–Crippen MR) is 112 cm³/mol. The first-order chi connectivity index (χ1) is 14.4. The van der Waals surface area contributed by atoms with Crippen LogP contribution in [0.3, 0.4) is 0 Å². The Morgan fingerprint density at radius 1 is 1.27 bits per heavy atom. The van der Waals surface area contributed by atoms with Crippen LogP contribution in [0, 0.1) is 6.92 Å². The van der Waals surface area contributed by atoms with Crippen molar-refractivity contribution in [3.63, 3.8) is 0 Å². The number of furan rings is 1. The number of thiophene rings is 1. The number of carboxylic acids is 1. The number of rotatable bonds is 6. The molecule has 8 nitrogen and oxygen atoms in total. The highest BCUT2D eigenvalue weighted by Crippen LogP contribution is 2.25. The molecule has 0 radical (unpaired) electrons. The number of nitrogens with one attached hydrogen (secondary N) is 1.